The van der Waals surface area contributed by atoms with Gasteiger partial charge in [-0.1, -0.05) is 30.0 Å². The molecule has 0 aliphatic carbocycles. The Balaban J connectivity index is 2.02. The lowest BCUT2D eigenvalue weighted by molar-refractivity contribution is -0.112. The molecular formula is C16H14FNOS2. The van der Waals surface area contributed by atoms with Crippen LogP contribution < -0.4 is 5.32 Å². The topological polar surface area (TPSA) is 29.1 Å². The van der Waals surface area contributed by atoms with Gasteiger partial charge in [0.05, 0.1) is 4.91 Å². The van der Waals surface area contributed by atoms with Gasteiger partial charge in [0.25, 0.3) is 5.91 Å². The normalized spacial score (nSPS) is 11.2. The first-order valence-electron chi connectivity index (χ1n) is 6.22. The lowest BCUT2D eigenvalue weighted by Crippen LogP contribution is -2.12. The summed E-state index contributed by atoms with van der Waals surface area (Å²) < 4.78 is 12.8. The molecule has 1 amide bonds. The Morgan fingerprint density at radius 2 is 1.76 bits per heavy atom. The van der Waals surface area contributed by atoms with Crippen LogP contribution >= 0.6 is 23.5 Å². The van der Waals surface area contributed by atoms with Crippen LogP contribution in [-0.2, 0) is 4.79 Å². The van der Waals surface area contributed by atoms with Crippen LogP contribution in [0, 0.1) is 5.82 Å². The Labute approximate surface area is 131 Å². The molecule has 0 aromatic heterocycles. The molecule has 2 aromatic rings. The highest BCUT2D eigenvalue weighted by molar-refractivity contribution is 8.06. The zero-order chi connectivity index (χ0) is 15.1. The van der Waals surface area contributed by atoms with Crippen molar-refractivity contribution in [3.05, 3.63) is 70.7 Å². The first-order valence-corrected chi connectivity index (χ1v) is 8.32. The second-order valence-corrected chi connectivity index (χ2v) is 5.87. The third-order valence-corrected chi connectivity index (χ3v) is 4.38. The predicted octanol–water partition coefficient (Wildman–Crippen LogP) is 4.76. The second kappa shape index (κ2) is 7.90. The minimum atomic E-state index is -0.268. The van der Waals surface area contributed by atoms with Crippen LogP contribution in [0.2, 0.25) is 0 Å². The van der Waals surface area contributed by atoms with Gasteiger partial charge in [0, 0.05) is 10.6 Å². The van der Waals surface area contributed by atoms with E-state index in [1.54, 1.807) is 17.5 Å². The van der Waals surface area contributed by atoms with E-state index in [2.05, 4.69) is 5.32 Å². The quantitative estimate of drug-likeness (QED) is 0.636. The third-order valence-electron chi connectivity index (χ3n) is 2.59. The van der Waals surface area contributed by atoms with E-state index in [-0.39, 0.29) is 11.7 Å². The number of hydrogen-bond acceptors (Lipinski definition) is 3. The highest BCUT2D eigenvalue weighted by Crippen LogP contribution is 2.25. The molecule has 0 radical (unpaired) electrons. The molecule has 2 aromatic carbocycles. The summed E-state index contributed by atoms with van der Waals surface area (Å²) in [7, 11) is 0. The van der Waals surface area contributed by atoms with Gasteiger partial charge in [0.2, 0.25) is 0 Å². The Morgan fingerprint density at radius 3 is 2.38 bits per heavy atom. The molecule has 0 fully saturated rings. The van der Waals surface area contributed by atoms with Crippen LogP contribution in [0.3, 0.4) is 0 Å². The lowest BCUT2D eigenvalue weighted by Gasteiger charge is -2.06. The van der Waals surface area contributed by atoms with Gasteiger partial charge in [-0.25, -0.2) is 4.39 Å². The summed E-state index contributed by atoms with van der Waals surface area (Å²) in [5, 5.41) is 4.61. The minimum absolute atomic E-state index is 0.150. The summed E-state index contributed by atoms with van der Waals surface area (Å²) in [6.45, 7) is 0. The van der Waals surface area contributed by atoms with Gasteiger partial charge in [-0.3, -0.25) is 4.79 Å². The molecule has 1 N–H and O–H groups in total. The molecule has 0 bridgehead atoms. The van der Waals surface area contributed by atoms with Crippen molar-refractivity contribution >= 4 is 35.1 Å². The minimum Gasteiger partial charge on any atom is -0.322 e. The number of anilines is 1. The zero-order valence-electron chi connectivity index (χ0n) is 11.4. The molecule has 21 heavy (non-hydrogen) atoms. The van der Waals surface area contributed by atoms with Crippen molar-refractivity contribution in [2.75, 3.05) is 11.6 Å². The molecule has 0 heterocycles. The molecule has 0 atom stereocenters. The molecular weight excluding hydrogens is 305 g/mol. The Hall–Kier alpha value is -1.72. The van der Waals surface area contributed by atoms with Crippen LogP contribution in [0.1, 0.15) is 0 Å². The smallest absolute Gasteiger partial charge is 0.262 e. The number of benzene rings is 2. The standard InChI is InChI=1S/C16H14FNOS2/c1-20-15(11-21-14-9-7-12(17)8-10-14)16(19)18-13-5-3-2-4-6-13/h2-11H,1H3,(H,18,19)/b15-11-. The van der Waals surface area contributed by atoms with Gasteiger partial charge in [0.15, 0.2) is 0 Å². The summed E-state index contributed by atoms with van der Waals surface area (Å²) in [6.07, 6.45) is 1.85. The van der Waals surface area contributed by atoms with Gasteiger partial charge in [0.1, 0.15) is 5.82 Å². The monoisotopic (exact) mass is 319 g/mol. The molecule has 0 unspecified atom stereocenters. The third kappa shape index (κ3) is 4.95. The van der Waals surface area contributed by atoms with Crippen molar-refractivity contribution in [2.24, 2.45) is 0 Å². The average molecular weight is 319 g/mol. The fourth-order valence-electron chi connectivity index (χ4n) is 1.54. The molecule has 0 saturated heterocycles. The summed E-state index contributed by atoms with van der Waals surface area (Å²) in [5.41, 5.74) is 0.759. The summed E-state index contributed by atoms with van der Waals surface area (Å²) in [4.78, 5) is 13.6. The number of nitrogens with one attached hydrogen (secondary N) is 1. The van der Waals surface area contributed by atoms with Crippen molar-refractivity contribution < 1.29 is 9.18 Å². The Bertz CT molecular complexity index is 626. The van der Waals surface area contributed by atoms with E-state index in [1.807, 2.05) is 36.6 Å². The number of carbonyl (C=O) groups is 1. The van der Waals surface area contributed by atoms with Crippen LogP contribution in [0.25, 0.3) is 0 Å². The van der Waals surface area contributed by atoms with Gasteiger partial charge in [-0.05, 0) is 48.1 Å². The summed E-state index contributed by atoms with van der Waals surface area (Å²) in [6, 6.07) is 15.5. The fourth-order valence-corrected chi connectivity index (χ4v) is 2.95. The maximum Gasteiger partial charge on any atom is 0.262 e. The first kappa shape index (κ1) is 15.7. The molecule has 108 valence electrons. The van der Waals surface area contributed by atoms with Crippen molar-refractivity contribution in [1.29, 1.82) is 0 Å². The van der Waals surface area contributed by atoms with E-state index in [0.29, 0.717) is 4.91 Å². The summed E-state index contributed by atoms with van der Waals surface area (Å²) >= 11 is 2.76. The van der Waals surface area contributed by atoms with Crippen molar-refractivity contribution in [3.63, 3.8) is 0 Å². The van der Waals surface area contributed by atoms with Crippen molar-refractivity contribution in [1.82, 2.24) is 0 Å². The Kier molecular flexibility index (Phi) is 5.90. The maximum atomic E-state index is 12.8. The van der Waals surface area contributed by atoms with Gasteiger partial charge >= 0.3 is 0 Å². The highest BCUT2D eigenvalue weighted by atomic mass is 32.2. The number of rotatable bonds is 5. The molecule has 2 rings (SSSR count). The van der Waals surface area contributed by atoms with E-state index < -0.39 is 0 Å². The second-order valence-electron chi connectivity index (χ2n) is 4.08. The zero-order valence-corrected chi connectivity index (χ0v) is 13.0. The lowest BCUT2D eigenvalue weighted by atomic mass is 10.3. The molecule has 2 nitrogen and oxygen atoms in total. The van der Waals surface area contributed by atoms with Crippen LogP contribution in [0.4, 0.5) is 10.1 Å². The molecule has 0 spiro atoms. The number of thioether (sulfide) groups is 2. The fraction of sp³-hybridized carbons (Fsp3) is 0.0625. The van der Waals surface area contributed by atoms with Crippen LogP contribution in [-0.4, -0.2) is 12.2 Å². The number of carbonyl (C=O) groups excluding carboxylic acids is 1. The number of hydrogen-bond donors (Lipinski definition) is 1. The average Bonchev–Trinajstić information content (AvgIpc) is 2.51. The summed E-state index contributed by atoms with van der Waals surface area (Å²) in [5.74, 6) is -0.418. The van der Waals surface area contributed by atoms with Crippen molar-refractivity contribution in [2.45, 2.75) is 4.90 Å². The van der Waals surface area contributed by atoms with Crippen LogP contribution in [0.5, 0.6) is 0 Å². The molecule has 5 heteroatoms. The van der Waals surface area contributed by atoms with Gasteiger partial charge in [-0.2, -0.15) is 0 Å². The van der Waals surface area contributed by atoms with E-state index in [4.69, 9.17) is 0 Å². The number of amides is 1. The van der Waals surface area contributed by atoms with Gasteiger partial charge < -0.3 is 5.32 Å². The first-order chi connectivity index (χ1) is 10.2. The van der Waals surface area contributed by atoms with Gasteiger partial charge in [-0.15, -0.1) is 11.8 Å². The SMILES string of the molecule is CS/C(=C\Sc1ccc(F)cc1)C(=O)Nc1ccccc1. The van der Waals surface area contributed by atoms with E-state index >= 15 is 0 Å². The molecule has 0 saturated carbocycles. The predicted molar refractivity (Wildman–Crippen MR) is 88.9 cm³/mol. The van der Waals surface area contributed by atoms with Crippen LogP contribution in [0.15, 0.2) is 69.8 Å². The van der Waals surface area contributed by atoms with Crippen molar-refractivity contribution in [3.8, 4) is 0 Å². The maximum absolute atomic E-state index is 12.8. The molecule has 0 aliphatic heterocycles. The van der Waals surface area contributed by atoms with E-state index in [1.165, 1.54) is 35.7 Å². The van der Waals surface area contributed by atoms with E-state index in [9.17, 15) is 9.18 Å². The number of para-hydroxylation sites is 1. The molecule has 0 aliphatic rings. The number of halogens is 1. The highest BCUT2D eigenvalue weighted by Gasteiger charge is 2.08. The Morgan fingerprint density at radius 1 is 1.10 bits per heavy atom. The van der Waals surface area contributed by atoms with E-state index in [0.717, 1.165) is 10.6 Å². The largest absolute Gasteiger partial charge is 0.322 e.